The van der Waals surface area contributed by atoms with Gasteiger partial charge in [-0.2, -0.15) is 5.10 Å². The van der Waals surface area contributed by atoms with E-state index < -0.39 is 5.97 Å². The van der Waals surface area contributed by atoms with Crippen LogP contribution in [-0.2, 0) is 6.42 Å². The minimum atomic E-state index is -0.961. The minimum Gasteiger partial charge on any atom is -0.478 e. The molecule has 1 aromatic carbocycles. The quantitative estimate of drug-likeness (QED) is 0.533. The van der Waals surface area contributed by atoms with Crippen molar-refractivity contribution in [3.05, 3.63) is 64.1 Å². The van der Waals surface area contributed by atoms with E-state index in [1.54, 1.807) is 25.1 Å². The van der Waals surface area contributed by atoms with Gasteiger partial charge in [-0.15, -0.1) is 0 Å². The van der Waals surface area contributed by atoms with Crippen molar-refractivity contribution in [2.24, 2.45) is 5.41 Å². The molecule has 0 spiro atoms. The summed E-state index contributed by atoms with van der Waals surface area (Å²) in [4.78, 5) is 42.0. The first-order valence-corrected chi connectivity index (χ1v) is 11.3. The molecule has 0 bridgehead atoms. The fourth-order valence-corrected chi connectivity index (χ4v) is 4.17. The zero-order valence-electron chi connectivity index (χ0n) is 20.0. The van der Waals surface area contributed by atoms with Crippen LogP contribution >= 0.6 is 0 Å². The summed E-state index contributed by atoms with van der Waals surface area (Å²) in [6, 6.07) is 6.08. The summed E-state index contributed by atoms with van der Waals surface area (Å²) in [6.45, 7) is 9.82. The SMILES string of the molecule is Cc1c(C(=O)O)ccc2c1CC[C@@H]2NC(=O)c1cc(C(=O)N[C@H](C)C(C)(C)C)nc2ccnn12. The molecule has 0 unspecified atom stereocenters. The summed E-state index contributed by atoms with van der Waals surface area (Å²) < 4.78 is 1.41. The molecule has 9 nitrogen and oxygen atoms in total. The van der Waals surface area contributed by atoms with E-state index in [1.807, 2.05) is 27.7 Å². The number of carboxylic acids is 1. The molecule has 34 heavy (non-hydrogen) atoms. The molecule has 4 rings (SSSR count). The predicted octanol–water partition coefficient (Wildman–Crippen LogP) is 3.32. The molecule has 178 valence electrons. The van der Waals surface area contributed by atoms with Crippen LogP contribution in [0.2, 0.25) is 0 Å². The molecule has 9 heteroatoms. The van der Waals surface area contributed by atoms with Gasteiger partial charge >= 0.3 is 5.97 Å². The highest BCUT2D eigenvalue weighted by atomic mass is 16.4. The van der Waals surface area contributed by atoms with Gasteiger partial charge in [-0.1, -0.05) is 26.8 Å². The average Bonchev–Trinajstić information content (AvgIpc) is 3.39. The first-order chi connectivity index (χ1) is 16.0. The lowest BCUT2D eigenvalue weighted by molar-refractivity contribution is 0.0695. The fourth-order valence-electron chi connectivity index (χ4n) is 4.17. The number of hydrogen-bond acceptors (Lipinski definition) is 5. The number of aromatic nitrogens is 3. The van der Waals surface area contributed by atoms with Crippen molar-refractivity contribution < 1.29 is 19.5 Å². The van der Waals surface area contributed by atoms with Gasteiger partial charge in [0.25, 0.3) is 11.8 Å². The van der Waals surface area contributed by atoms with Crippen molar-refractivity contribution >= 4 is 23.4 Å². The molecular formula is C25H29N5O4. The lowest BCUT2D eigenvalue weighted by atomic mass is 9.88. The molecule has 0 fully saturated rings. The third kappa shape index (κ3) is 4.25. The third-order valence-electron chi connectivity index (χ3n) is 6.70. The second-order valence-electron chi connectivity index (χ2n) is 9.86. The number of amides is 2. The Morgan fingerprint density at radius 2 is 1.91 bits per heavy atom. The van der Waals surface area contributed by atoms with Crippen LogP contribution in [0, 0.1) is 12.3 Å². The summed E-state index contributed by atoms with van der Waals surface area (Å²) in [6.07, 6.45) is 2.87. The van der Waals surface area contributed by atoms with Gasteiger partial charge in [0, 0.05) is 18.2 Å². The van der Waals surface area contributed by atoms with Gasteiger partial charge < -0.3 is 15.7 Å². The number of nitrogens with zero attached hydrogens (tertiary/aromatic N) is 3. The molecule has 3 N–H and O–H groups in total. The topological polar surface area (TPSA) is 126 Å². The second-order valence-corrected chi connectivity index (χ2v) is 9.86. The lowest BCUT2D eigenvalue weighted by Crippen LogP contribution is -2.42. The molecule has 0 saturated heterocycles. The molecule has 2 atom stereocenters. The summed E-state index contributed by atoms with van der Waals surface area (Å²) in [5.74, 6) is -1.70. The molecular weight excluding hydrogens is 434 g/mol. The molecule has 1 aliphatic rings. The Hall–Kier alpha value is -3.75. The largest absolute Gasteiger partial charge is 0.478 e. The zero-order valence-corrected chi connectivity index (χ0v) is 20.0. The second kappa shape index (κ2) is 8.55. The van der Waals surface area contributed by atoms with Crippen LogP contribution < -0.4 is 10.6 Å². The Kier molecular flexibility index (Phi) is 5.89. The number of nitrogens with one attached hydrogen (secondary N) is 2. The maximum Gasteiger partial charge on any atom is 0.335 e. The van der Waals surface area contributed by atoms with E-state index in [9.17, 15) is 19.5 Å². The fraction of sp³-hybridized carbons (Fsp3) is 0.400. The van der Waals surface area contributed by atoms with Crippen molar-refractivity contribution in [1.29, 1.82) is 0 Å². The molecule has 0 saturated carbocycles. The van der Waals surface area contributed by atoms with Crippen LogP contribution in [0.1, 0.15) is 88.2 Å². The summed E-state index contributed by atoms with van der Waals surface area (Å²) in [5, 5.41) is 19.6. The Bertz CT molecular complexity index is 1300. The summed E-state index contributed by atoms with van der Waals surface area (Å²) >= 11 is 0. The monoisotopic (exact) mass is 463 g/mol. The van der Waals surface area contributed by atoms with Gasteiger partial charge in [-0.25, -0.2) is 14.3 Å². The Labute approximate surface area is 197 Å². The molecule has 0 aliphatic heterocycles. The van der Waals surface area contributed by atoms with Crippen LogP contribution in [0.3, 0.4) is 0 Å². The van der Waals surface area contributed by atoms with Crippen LogP contribution in [0.15, 0.2) is 30.5 Å². The number of carbonyl (C=O) groups excluding carboxylic acids is 2. The predicted molar refractivity (Wildman–Crippen MR) is 126 cm³/mol. The van der Waals surface area contributed by atoms with E-state index in [4.69, 9.17) is 0 Å². The third-order valence-corrected chi connectivity index (χ3v) is 6.70. The molecule has 1 aliphatic carbocycles. The first-order valence-electron chi connectivity index (χ1n) is 11.3. The Morgan fingerprint density at radius 3 is 2.59 bits per heavy atom. The lowest BCUT2D eigenvalue weighted by Gasteiger charge is -2.27. The number of fused-ring (bicyclic) bond motifs is 2. The van der Waals surface area contributed by atoms with Gasteiger partial charge in [0.2, 0.25) is 0 Å². The van der Waals surface area contributed by atoms with Crippen LogP contribution in [0.25, 0.3) is 5.65 Å². The first kappa shape index (κ1) is 23.4. The average molecular weight is 464 g/mol. The van der Waals surface area contributed by atoms with Crippen LogP contribution in [0.5, 0.6) is 0 Å². The standard InChI is InChI=1S/C25H29N5O4/c1-13-15-8-9-18(17(15)7-6-16(13)24(33)34)29-23(32)20-12-19(28-21-10-11-26-30(20)21)22(31)27-14(2)25(3,4)5/h6-7,10-12,14,18H,8-9H2,1-5H3,(H,27,31)(H,29,32)(H,33,34)/t14-,18+/m1/s1. The van der Waals surface area contributed by atoms with Crippen LogP contribution in [0.4, 0.5) is 0 Å². The summed E-state index contributed by atoms with van der Waals surface area (Å²) in [5.41, 5.74) is 3.49. The zero-order chi connectivity index (χ0) is 24.8. The minimum absolute atomic E-state index is 0.103. The Morgan fingerprint density at radius 1 is 1.18 bits per heavy atom. The Balaban J connectivity index is 1.62. The maximum absolute atomic E-state index is 13.3. The van der Waals surface area contributed by atoms with E-state index in [0.29, 0.717) is 18.5 Å². The number of hydrogen-bond donors (Lipinski definition) is 3. The molecule has 2 amide bonds. The van der Waals surface area contributed by atoms with Gasteiger partial charge in [-0.3, -0.25) is 9.59 Å². The molecule has 0 radical (unpaired) electrons. The van der Waals surface area contributed by atoms with E-state index in [2.05, 4.69) is 20.7 Å². The van der Waals surface area contributed by atoms with Gasteiger partial charge in [0.15, 0.2) is 5.65 Å². The van der Waals surface area contributed by atoms with Gasteiger partial charge in [0.1, 0.15) is 11.4 Å². The van der Waals surface area contributed by atoms with Crippen LogP contribution in [-0.4, -0.2) is 43.5 Å². The number of carbonyl (C=O) groups is 3. The number of rotatable bonds is 5. The van der Waals surface area contributed by atoms with E-state index in [-0.39, 0.29) is 46.3 Å². The van der Waals surface area contributed by atoms with Gasteiger partial charge in [-0.05, 0) is 54.9 Å². The van der Waals surface area contributed by atoms with Crippen molar-refractivity contribution in [3.63, 3.8) is 0 Å². The van der Waals surface area contributed by atoms with Crippen molar-refractivity contribution in [2.45, 2.75) is 59.5 Å². The number of benzene rings is 1. The van der Waals surface area contributed by atoms with E-state index in [1.165, 1.54) is 16.8 Å². The van der Waals surface area contributed by atoms with Crippen molar-refractivity contribution in [1.82, 2.24) is 25.2 Å². The number of aromatic carboxylic acids is 1. The van der Waals surface area contributed by atoms with Crippen molar-refractivity contribution in [3.8, 4) is 0 Å². The molecule has 2 aromatic heterocycles. The van der Waals surface area contributed by atoms with Gasteiger partial charge in [0.05, 0.1) is 17.8 Å². The molecule has 3 aromatic rings. The van der Waals surface area contributed by atoms with E-state index in [0.717, 1.165) is 16.7 Å². The van der Waals surface area contributed by atoms with Crippen molar-refractivity contribution in [2.75, 3.05) is 0 Å². The molecule has 2 heterocycles. The smallest absolute Gasteiger partial charge is 0.335 e. The maximum atomic E-state index is 13.3. The highest BCUT2D eigenvalue weighted by Gasteiger charge is 2.29. The highest BCUT2D eigenvalue weighted by Crippen LogP contribution is 2.35. The highest BCUT2D eigenvalue weighted by molar-refractivity contribution is 5.98. The normalized spacial score (nSPS) is 16.2. The van der Waals surface area contributed by atoms with E-state index >= 15 is 0 Å². The number of carboxylic acid groups (broad SMARTS) is 1. The summed E-state index contributed by atoms with van der Waals surface area (Å²) in [7, 11) is 0.